The summed E-state index contributed by atoms with van der Waals surface area (Å²) in [5, 5.41) is 0.528. The molecule has 3 aromatic rings. The molecule has 0 saturated heterocycles. The van der Waals surface area contributed by atoms with Crippen LogP contribution in [0.5, 0.6) is 5.75 Å². The number of esters is 1. The van der Waals surface area contributed by atoms with Gasteiger partial charge in [0.1, 0.15) is 10.6 Å². The Bertz CT molecular complexity index is 1220. The van der Waals surface area contributed by atoms with Crippen molar-refractivity contribution >= 4 is 50.0 Å². The van der Waals surface area contributed by atoms with Gasteiger partial charge in [0, 0.05) is 11.6 Å². The minimum absolute atomic E-state index is 0.158. The van der Waals surface area contributed by atoms with Crippen molar-refractivity contribution in [3.63, 3.8) is 0 Å². The second kappa shape index (κ2) is 6.84. The Kier molecular flexibility index (Phi) is 4.60. The third-order valence-electron chi connectivity index (χ3n) is 4.17. The zero-order chi connectivity index (χ0) is 19.9. The summed E-state index contributed by atoms with van der Waals surface area (Å²) in [5.41, 5.74) is 1.77. The molecule has 0 saturated carbocycles. The second-order valence-corrected chi connectivity index (χ2v) is 9.94. The van der Waals surface area contributed by atoms with E-state index in [1.165, 1.54) is 41.5 Å². The molecule has 0 N–H and O–H groups in total. The van der Waals surface area contributed by atoms with Crippen LogP contribution in [0.25, 0.3) is 11.0 Å². The fraction of sp³-hybridized carbons (Fsp3) is 0.167. The Balaban J connectivity index is 1.64. The molecule has 3 heterocycles. The van der Waals surface area contributed by atoms with Crippen LogP contribution in [0, 0.1) is 0 Å². The molecule has 0 fully saturated rings. The molecule has 1 aliphatic carbocycles. The standard InChI is InChI=1S/C18H14ClN3O4S2/c1-18(19)5-2-14(3-6-18)28(24,25)22-7-4-12-8-13(9-21-16(12)22)26-17(23)15-10-20-11-27-15/h2-5,7-11H,6H2,1H3. The minimum Gasteiger partial charge on any atom is -0.421 e. The van der Waals surface area contributed by atoms with Crippen molar-refractivity contribution in [3.05, 3.63) is 64.2 Å². The van der Waals surface area contributed by atoms with Crippen molar-refractivity contribution in [3.8, 4) is 5.75 Å². The fourth-order valence-corrected chi connectivity index (χ4v) is 4.70. The maximum Gasteiger partial charge on any atom is 0.355 e. The first-order chi connectivity index (χ1) is 13.3. The first kappa shape index (κ1) is 18.9. The van der Waals surface area contributed by atoms with Crippen molar-refractivity contribution in [2.75, 3.05) is 0 Å². The van der Waals surface area contributed by atoms with Gasteiger partial charge in [-0.15, -0.1) is 22.9 Å². The van der Waals surface area contributed by atoms with E-state index < -0.39 is 20.9 Å². The number of aromatic nitrogens is 3. The molecule has 0 radical (unpaired) electrons. The largest absolute Gasteiger partial charge is 0.421 e. The molecule has 1 aliphatic rings. The summed E-state index contributed by atoms with van der Waals surface area (Å²) in [7, 11) is -3.81. The van der Waals surface area contributed by atoms with E-state index in [0.29, 0.717) is 16.7 Å². The van der Waals surface area contributed by atoms with E-state index in [4.69, 9.17) is 16.3 Å². The monoisotopic (exact) mass is 435 g/mol. The number of carbonyl (C=O) groups is 1. The molecule has 10 heteroatoms. The molecular formula is C18H14ClN3O4S2. The van der Waals surface area contributed by atoms with Gasteiger partial charge in [0.05, 0.1) is 27.7 Å². The van der Waals surface area contributed by atoms with Crippen molar-refractivity contribution in [1.29, 1.82) is 0 Å². The van der Waals surface area contributed by atoms with Gasteiger partial charge in [-0.2, -0.15) is 0 Å². The molecule has 0 aromatic carbocycles. The van der Waals surface area contributed by atoms with E-state index in [2.05, 4.69) is 9.97 Å². The van der Waals surface area contributed by atoms with Gasteiger partial charge in [-0.3, -0.25) is 4.98 Å². The zero-order valence-electron chi connectivity index (χ0n) is 14.6. The summed E-state index contributed by atoms with van der Waals surface area (Å²) in [5.74, 6) is -0.326. The molecule has 0 spiro atoms. The fourth-order valence-electron chi connectivity index (χ4n) is 2.70. The highest BCUT2D eigenvalue weighted by molar-refractivity contribution is 7.94. The smallest absolute Gasteiger partial charge is 0.355 e. The normalized spacial score (nSPS) is 19.6. The maximum absolute atomic E-state index is 13.0. The molecule has 7 nitrogen and oxygen atoms in total. The van der Waals surface area contributed by atoms with E-state index in [-0.39, 0.29) is 16.3 Å². The topological polar surface area (TPSA) is 91.2 Å². The SMILES string of the molecule is CC1(Cl)C=CC(S(=O)(=O)n2ccc3cc(OC(=O)c4cncs4)cnc32)=CC1. The van der Waals surface area contributed by atoms with E-state index in [1.54, 1.807) is 24.3 Å². The molecule has 3 aromatic heterocycles. The molecule has 1 atom stereocenters. The van der Waals surface area contributed by atoms with E-state index in [0.717, 1.165) is 3.97 Å². The van der Waals surface area contributed by atoms with Crippen molar-refractivity contribution in [1.82, 2.24) is 13.9 Å². The molecule has 1 unspecified atom stereocenters. The number of halogens is 1. The van der Waals surface area contributed by atoms with Crippen LogP contribution in [0.1, 0.15) is 23.0 Å². The lowest BCUT2D eigenvalue weighted by atomic mass is 10.0. The van der Waals surface area contributed by atoms with Crippen LogP contribution in [-0.2, 0) is 10.0 Å². The number of fused-ring (bicyclic) bond motifs is 1. The Morgan fingerprint density at radius 2 is 2.21 bits per heavy atom. The van der Waals surface area contributed by atoms with Gasteiger partial charge < -0.3 is 4.74 Å². The molecule has 0 aliphatic heterocycles. The first-order valence-corrected chi connectivity index (χ1v) is 10.9. The molecule has 0 bridgehead atoms. The van der Waals surface area contributed by atoms with Gasteiger partial charge in [-0.05, 0) is 31.6 Å². The van der Waals surface area contributed by atoms with E-state index in [1.807, 2.05) is 6.92 Å². The summed E-state index contributed by atoms with van der Waals surface area (Å²) in [4.78, 5) is 20.0. The van der Waals surface area contributed by atoms with Crippen LogP contribution in [0.2, 0.25) is 0 Å². The number of hydrogen-bond donors (Lipinski definition) is 0. The summed E-state index contributed by atoms with van der Waals surface area (Å²) >= 11 is 7.38. The number of thiazole rings is 1. The van der Waals surface area contributed by atoms with Gasteiger partial charge in [0.2, 0.25) is 0 Å². The number of alkyl halides is 1. The van der Waals surface area contributed by atoms with Crippen LogP contribution in [-0.4, -0.2) is 33.2 Å². The van der Waals surface area contributed by atoms with Crippen molar-refractivity contribution < 1.29 is 17.9 Å². The first-order valence-electron chi connectivity index (χ1n) is 8.18. The number of carbonyl (C=O) groups excluding carboxylic acids is 1. The highest BCUT2D eigenvalue weighted by Crippen LogP contribution is 2.31. The third kappa shape index (κ3) is 3.48. The van der Waals surface area contributed by atoms with Gasteiger partial charge in [0.15, 0.2) is 5.65 Å². The molecule has 144 valence electrons. The van der Waals surface area contributed by atoms with Crippen molar-refractivity contribution in [2.45, 2.75) is 18.2 Å². The lowest BCUT2D eigenvalue weighted by molar-refractivity contribution is 0.0739. The number of rotatable bonds is 4. The molecule has 0 amide bonds. The van der Waals surface area contributed by atoms with Gasteiger partial charge in [-0.1, -0.05) is 12.2 Å². The zero-order valence-corrected chi connectivity index (χ0v) is 17.0. The third-order valence-corrected chi connectivity index (χ3v) is 6.91. The lowest BCUT2D eigenvalue weighted by Gasteiger charge is -2.20. The Morgan fingerprint density at radius 1 is 1.39 bits per heavy atom. The predicted octanol–water partition coefficient (Wildman–Crippen LogP) is 3.73. The highest BCUT2D eigenvalue weighted by Gasteiger charge is 2.27. The molecule has 28 heavy (non-hydrogen) atoms. The van der Waals surface area contributed by atoms with Crippen LogP contribution in [0.15, 0.2) is 59.4 Å². The number of ether oxygens (including phenoxy) is 1. The van der Waals surface area contributed by atoms with Crippen LogP contribution >= 0.6 is 22.9 Å². The highest BCUT2D eigenvalue weighted by atomic mass is 35.5. The van der Waals surface area contributed by atoms with Crippen LogP contribution < -0.4 is 4.74 Å². The second-order valence-electron chi connectivity index (χ2n) is 6.38. The lowest BCUT2D eigenvalue weighted by Crippen LogP contribution is -2.19. The minimum atomic E-state index is -3.81. The van der Waals surface area contributed by atoms with E-state index >= 15 is 0 Å². The summed E-state index contributed by atoms with van der Waals surface area (Å²) in [6.45, 7) is 1.81. The Hall–Kier alpha value is -2.49. The number of allylic oxidation sites excluding steroid dienone is 3. The quantitative estimate of drug-likeness (QED) is 0.458. The molecule has 4 rings (SSSR count). The maximum atomic E-state index is 13.0. The molecular weight excluding hydrogens is 422 g/mol. The average Bonchev–Trinajstić information content (AvgIpc) is 3.31. The Labute approximate surface area is 170 Å². The van der Waals surface area contributed by atoms with Gasteiger partial charge in [-0.25, -0.2) is 22.2 Å². The Morgan fingerprint density at radius 3 is 2.89 bits per heavy atom. The van der Waals surface area contributed by atoms with E-state index in [9.17, 15) is 13.2 Å². The predicted molar refractivity (Wildman–Crippen MR) is 107 cm³/mol. The number of nitrogens with zero attached hydrogens (tertiary/aromatic N) is 3. The van der Waals surface area contributed by atoms with Gasteiger partial charge >= 0.3 is 5.97 Å². The summed E-state index contributed by atoms with van der Waals surface area (Å²) < 4.78 is 32.3. The average molecular weight is 436 g/mol. The number of pyridine rings is 1. The van der Waals surface area contributed by atoms with Crippen LogP contribution in [0.4, 0.5) is 0 Å². The van der Waals surface area contributed by atoms with Gasteiger partial charge in [0.25, 0.3) is 10.0 Å². The van der Waals surface area contributed by atoms with Crippen LogP contribution in [0.3, 0.4) is 0 Å². The summed E-state index contributed by atoms with van der Waals surface area (Å²) in [6, 6.07) is 3.16. The van der Waals surface area contributed by atoms with Crippen molar-refractivity contribution in [2.24, 2.45) is 0 Å². The summed E-state index contributed by atoms with van der Waals surface area (Å²) in [6.07, 6.45) is 9.32. The number of hydrogen-bond acceptors (Lipinski definition) is 7.